The van der Waals surface area contributed by atoms with Gasteiger partial charge in [-0.2, -0.15) is 0 Å². The first-order valence-electron chi connectivity index (χ1n) is 6.45. The van der Waals surface area contributed by atoms with Crippen LogP contribution in [0.3, 0.4) is 0 Å². The van der Waals surface area contributed by atoms with Crippen LogP contribution in [-0.4, -0.2) is 23.5 Å². The molecule has 0 aromatic heterocycles. The van der Waals surface area contributed by atoms with E-state index in [4.69, 9.17) is 5.73 Å². The fourth-order valence-corrected chi connectivity index (χ4v) is 1.75. The van der Waals surface area contributed by atoms with Gasteiger partial charge in [0.05, 0.1) is 0 Å². The van der Waals surface area contributed by atoms with Crippen LogP contribution in [0.2, 0.25) is 0 Å². The maximum Gasteiger partial charge on any atom is 0.322 e. The summed E-state index contributed by atoms with van der Waals surface area (Å²) in [6.45, 7) is 7.39. The van der Waals surface area contributed by atoms with Crippen molar-refractivity contribution in [3.05, 3.63) is 29.8 Å². The highest BCUT2D eigenvalue weighted by Gasteiger charge is 2.15. The average Bonchev–Trinajstić information content (AvgIpc) is 2.36. The Balaban J connectivity index is 2.66. The lowest BCUT2D eigenvalue weighted by atomic mass is 10.2. The van der Waals surface area contributed by atoms with E-state index in [9.17, 15) is 4.79 Å². The van der Waals surface area contributed by atoms with Gasteiger partial charge >= 0.3 is 6.03 Å². The van der Waals surface area contributed by atoms with Crippen LogP contribution in [0.25, 0.3) is 0 Å². The second-order valence-corrected chi connectivity index (χ2v) is 4.62. The van der Waals surface area contributed by atoms with Gasteiger partial charge in [-0.25, -0.2) is 4.79 Å². The van der Waals surface area contributed by atoms with Crippen molar-refractivity contribution in [1.29, 1.82) is 0 Å². The SMILES string of the molecule is CCCN(C(=O)Nc1ccc(CN)cc1)C(C)C. The van der Waals surface area contributed by atoms with Gasteiger partial charge in [0.15, 0.2) is 0 Å². The zero-order valence-electron chi connectivity index (χ0n) is 11.4. The molecule has 0 atom stereocenters. The highest BCUT2D eigenvalue weighted by atomic mass is 16.2. The molecular weight excluding hydrogens is 226 g/mol. The van der Waals surface area contributed by atoms with Crippen LogP contribution in [-0.2, 0) is 6.54 Å². The zero-order chi connectivity index (χ0) is 13.5. The van der Waals surface area contributed by atoms with Crippen molar-refractivity contribution >= 4 is 11.7 Å². The van der Waals surface area contributed by atoms with Gasteiger partial charge in [-0.15, -0.1) is 0 Å². The van der Waals surface area contributed by atoms with Crippen LogP contribution >= 0.6 is 0 Å². The van der Waals surface area contributed by atoms with E-state index in [-0.39, 0.29) is 12.1 Å². The summed E-state index contributed by atoms with van der Waals surface area (Å²) >= 11 is 0. The van der Waals surface area contributed by atoms with E-state index in [1.54, 1.807) is 0 Å². The van der Waals surface area contributed by atoms with E-state index in [2.05, 4.69) is 12.2 Å². The molecule has 0 aliphatic carbocycles. The van der Waals surface area contributed by atoms with Crippen molar-refractivity contribution in [2.75, 3.05) is 11.9 Å². The summed E-state index contributed by atoms with van der Waals surface area (Å²) in [7, 11) is 0. The lowest BCUT2D eigenvalue weighted by molar-refractivity contribution is 0.197. The molecule has 3 N–H and O–H groups in total. The first-order chi connectivity index (χ1) is 8.58. The second-order valence-electron chi connectivity index (χ2n) is 4.62. The number of nitrogens with zero attached hydrogens (tertiary/aromatic N) is 1. The molecule has 0 saturated heterocycles. The van der Waals surface area contributed by atoms with Crippen LogP contribution in [0.15, 0.2) is 24.3 Å². The third kappa shape index (κ3) is 4.04. The van der Waals surface area contributed by atoms with E-state index >= 15 is 0 Å². The number of amides is 2. The molecule has 100 valence electrons. The van der Waals surface area contributed by atoms with Gasteiger partial charge in [-0.1, -0.05) is 19.1 Å². The van der Waals surface area contributed by atoms with E-state index in [0.29, 0.717) is 6.54 Å². The minimum Gasteiger partial charge on any atom is -0.326 e. The third-order valence-electron chi connectivity index (χ3n) is 2.79. The van der Waals surface area contributed by atoms with Gasteiger partial charge < -0.3 is 16.0 Å². The lowest BCUT2D eigenvalue weighted by Gasteiger charge is -2.26. The van der Waals surface area contributed by atoms with Gasteiger partial charge in [0.25, 0.3) is 0 Å². The Hall–Kier alpha value is -1.55. The van der Waals surface area contributed by atoms with E-state index in [1.807, 2.05) is 43.0 Å². The van der Waals surface area contributed by atoms with Crippen LogP contribution in [0, 0.1) is 0 Å². The van der Waals surface area contributed by atoms with Crippen molar-refractivity contribution in [3.63, 3.8) is 0 Å². The molecule has 0 aliphatic rings. The molecule has 0 spiro atoms. The minimum absolute atomic E-state index is 0.0488. The molecular formula is C14H23N3O. The Bertz CT molecular complexity index is 373. The minimum atomic E-state index is -0.0488. The summed E-state index contributed by atoms with van der Waals surface area (Å²) in [6, 6.07) is 7.76. The normalized spacial score (nSPS) is 10.5. The Labute approximate surface area is 109 Å². The van der Waals surface area contributed by atoms with Gasteiger partial charge in [0.2, 0.25) is 0 Å². The molecule has 4 heteroatoms. The number of rotatable bonds is 5. The summed E-state index contributed by atoms with van der Waals surface area (Å²) in [6.07, 6.45) is 0.956. The number of urea groups is 1. The molecule has 0 fully saturated rings. The maximum atomic E-state index is 12.1. The number of nitrogens with one attached hydrogen (secondary N) is 1. The Morgan fingerprint density at radius 2 is 1.94 bits per heavy atom. The third-order valence-corrected chi connectivity index (χ3v) is 2.79. The summed E-state index contributed by atoms with van der Waals surface area (Å²) < 4.78 is 0. The topological polar surface area (TPSA) is 58.4 Å². The zero-order valence-corrected chi connectivity index (χ0v) is 11.4. The van der Waals surface area contributed by atoms with Gasteiger partial charge in [-0.05, 0) is 38.0 Å². The predicted molar refractivity (Wildman–Crippen MR) is 75.5 cm³/mol. The van der Waals surface area contributed by atoms with Crippen molar-refractivity contribution in [3.8, 4) is 0 Å². The largest absolute Gasteiger partial charge is 0.326 e. The maximum absolute atomic E-state index is 12.1. The highest BCUT2D eigenvalue weighted by Crippen LogP contribution is 2.11. The van der Waals surface area contributed by atoms with Gasteiger partial charge in [0, 0.05) is 24.8 Å². The number of carbonyl (C=O) groups excluding carboxylic acids is 1. The first kappa shape index (κ1) is 14.5. The summed E-state index contributed by atoms with van der Waals surface area (Å²) in [4.78, 5) is 13.9. The van der Waals surface area contributed by atoms with Gasteiger partial charge in [-0.3, -0.25) is 0 Å². The molecule has 4 nitrogen and oxygen atoms in total. The van der Waals surface area contributed by atoms with Crippen molar-refractivity contribution < 1.29 is 4.79 Å². The van der Waals surface area contributed by atoms with Crippen LogP contribution in [0.4, 0.5) is 10.5 Å². The Morgan fingerprint density at radius 1 is 1.33 bits per heavy atom. The molecule has 18 heavy (non-hydrogen) atoms. The van der Waals surface area contributed by atoms with E-state index in [0.717, 1.165) is 24.2 Å². The molecule has 1 aromatic rings. The molecule has 1 rings (SSSR count). The van der Waals surface area contributed by atoms with E-state index < -0.39 is 0 Å². The monoisotopic (exact) mass is 249 g/mol. The molecule has 0 radical (unpaired) electrons. The van der Waals surface area contributed by atoms with Crippen LogP contribution < -0.4 is 11.1 Å². The summed E-state index contributed by atoms with van der Waals surface area (Å²) in [5, 5.41) is 2.91. The number of benzene rings is 1. The summed E-state index contributed by atoms with van der Waals surface area (Å²) in [5.41, 5.74) is 7.40. The highest BCUT2D eigenvalue weighted by molar-refractivity contribution is 5.89. The molecule has 0 unspecified atom stereocenters. The van der Waals surface area contributed by atoms with Crippen molar-refractivity contribution in [2.45, 2.75) is 39.8 Å². The van der Waals surface area contributed by atoms with E-state index in [1.165, 1.54) is 0 Å². The standard InChI is InChI=1S/C14H23N3O/c1-4-9-17(11(2)3)14(18)16-13-7-5-12(10-15)6-8-13/h5-8,11H,4,9-10,15H2,1-3H3,(H,16,18). The number of nitrogens with two attached hydrogens (primary N) is 1. The molecule has 0 heterocycles. The quantitative estimate of drug-likeness (QED) is 0.843. The molecule has 2 amide bonds. The molecule has 0 bridgehead atoms. The second kappa shape index (κ2) is 7.01. The fourth-order valence-electron chi connectivity index (χ4n) is 1.75. The van der Waals surface area contributed by atoms with Crippen molar-refractivity contribution in [2.24, 2.45) is 5.73 Å². The van der Waals surface area contributed by atoms with Crippen LogP contribution in [0.5, 0.6) is 0 Å². The number of carbonyl (C=O) groups is 1. The van der Waals surface area contributed by atoms with Gasteiger partial charge in [0.1, 0.15) is 0 Å². The Morgan fingerprint density at radius 3 is 2.39 bits per heavy atom. The fraction of sp³-hybridized carbons (Fsp3) is 0.500. The Kier molecular flexibility index (Phi) is 5.65. The van der Waals surface area contributed by atoms with Crippen LogP contribution in [0.1, 0.15) is 32.8 Å². The number of anilines is 1. The lowest BCUT2D eigenvalue weighted by Crippen LogP contribution is -2.40. The molecule has 1 aromatic carbocycles. The number of hydrogen-bond acceptors (Lipinski definition) is 2. The summed E-state index contributed by atoms with van der Waals surface area (Å²) in [5.74, 6) is 0. The predicted octanol–water partition coefficient (Wildman–Crippen LogP) is 2.80. The first-order valence-corrected chi connectivity index (χ1v) is 6.45. The molecule has 0 saturated carbocycles. The smallest absolute Gasteiger partial charge is 0.322 e. The average molecular weight is 249 g/mol. The van der Waals surface area contributed by atoms with Crippen molar-refractivity contribution in [1.82, 2.24) is 4.90 Å². The molecule has 0 aliphatic heterocycles. The number of hydrogen-bond donors (Lipinski definition) is 2.